The number of amides is 1. The Bertz CT molecular complexity index is 309. The fourth-order valence-electron chi connectivity index (χ4n) is 1.25. The van der Waals surface area contributed by atoms with E-state index in [0.717, 1.165) is 18.5 Å². The summed E-state index contributed by atoms with van der Waals surface area (Å²) >= 11 is 0. The van der Waals surface area contributed by atoms with Crippen molar-refractivity contribution in [2.24, 2.45) is 0 Å². The molecule has 0 atom stereocenters. The molecule has 84 valence electrons. The topological polar surface area (TPSA) is 78.0 Å². The molecule has 0 aliphatic carbocycles. The molecule has 0 aliphatic rings. The number of nitrogens with one attached hydrogen (secondary N) is 2. The number of aliphatic hydroxyl groups is 1. The third kappa shape index (κ3) is 3.71. The minimum Gasteiger partial charge on any atom is -0.396 e. The Morgan fingerprint density at radius 3 is 3.13 bits per heavy atom. The molecular formula is C10H17N3O2. The molecule has 0 spiro atoms. The average molecular weight is 211 g/mol. The first kappa shape index (κ1) is 11.7. The molecule has 1 aromatic heterocycles. The molecule has 15 heavy (non-hydrogen) atoms. The smallest absolute Gasteiger partial charge is 0.271 e. The Hall–Kier alpha value is -1.36. The van der Waals surface area contributed by atoms with Gasteiger partial charge in [0.05, 0.1) is 0 Å². The maximum Gasteiger partial charge on any atom is 0.271 e. The van der Waals surface area contributed by atoms with Crippen LogP contribution in [0, 0.1) is 0 Å². The van der Waals surface area contributed by atoms with Crippen molar-refractivity contribution in [3.8, 4) is 0 Å². The molecule has 0 aromatic carbocycles. The summed E-state index contributed by atoms with van der Waals surface area (Å²) in [4.78, 5) is 11.5. The van der Waals surface area contributed by atoms with Crippen LogP contribution in [-0.2, 0) is 6.42 Å². The van der Waals surface area contributed by atoms with E-state index in [1.807, 2.05) is 0 Å². The van der Waals surface area contributed by atoms with E-state index in [9.17, 15) is 4.79 Å². The van der Waals surface area contributed by atoms with Crippen LogP contribution in [0.15, 0.2) is 6.07 Å². The van der Waals surface area contributed by atoms with E-state index >= 15 is 0 Å². The highest BCUT2D eigenvalue weighted by Crippen LogP contribution is 2.02. The van der Waals surface area contributed by atoms with E-state index in [1.54, 1.807) is 6.07 Å². The lowest BCUT2D eigenvalue weighted by atomic mass is 10.2. The molecule has 0 saturated heterocycles. The van der Waals surface area contributed by atoms with Gasteiger partial charge in [-0.15, -0.1) is 0 Å². The summed E-state index contributed by atoms with van der Waals surface area (Å²) in [7, 11) is 0. The summed E-state index contributed by atoms with van der Waals surface area (Å²) in [5, 5.41) is 18.0. The SMILES string of the molecule is CCCc1cc(C(=O)NCCCO)n[nH]1. The first-order valence-electron chi connectivity index (χ1n) is 5.21. The number of aromatic amines is 1. The van der Waals surface area contributed by atoms with Crippen LogP contribution in [0.25, 0.3) is 0 Å². The van der Waals surface area contributed by atoms with E-state index < -0.39 is 0 Å². The molecule has 0 fully saturated rings. The van der Waals surface area contributed by atoms with Crippen LogP contribution in [0.1, 0.15) is 35.9 Å². The molecule has 5 heteroatoms. The van der Waals surface area contributed by atoms with Crippen molar-refractivity contribution in [2.45, 2.75) is 26.2 Å². The second-order valence-corrected chi connectivity index (χ2v) is 3.36. The van der Waals surface area contributed by atoms with Gasteiger partial charge < -0.3 is 10.4 Å². The number of nitrogens with zero attached hydrogens (tertiary/aromatic N) is 1. The fourth-order valence-corrected chi connectivity index (χ4v) is 1.25. The van der Waals surface area contributed by atoms with Crippen LogP contribution in [0.2, 0.25) is 0 Å². The van der Waals surface area contributed by atoms with Crippen LogP contribution >= 0.6 is 0 Å². The van der Waals surface area contributed by atoms with E-state index in [2.05, 4.69) is 22.4 Å². The average Bonchev–Trinajstić information content (AvgIpc) is 2.67. The predicted octanol–water partition coefficient (Wildman–Crippen LogP) is 0.474. The quantitative estimate of drug-likeness (QED) is 0.599. The van der Waals surface area contributed by atoms with Gasteiger partial charge in [0.15, 0.2) is 0 Å². The molecule has 1 aromatic rings. The number of rotatable bonds is 6. The number of aromatic nitrogens is 2. The number of carbonyl (C=O) groups is 1. The Balaban J connectivity index is 2.43. The lowest BCUT2D eigenvalue weighted by molar-refractivity contribution is 0.0946. The summed E-state index contributed by atoms with van der Waals surface area (Å²) in [6.07, 6.45) is 2.49. The van der Waals surface area contributed by atoms with Crippen LogP contribution in [0.5, 0.6) is 0 Å². The summed E-state index contributed by atoms with van der Waals surface area (Å²) in [5.74, 6) is -0.193. The lowest BCUT2D eigenvalue weighted by Gasteiger charge is -1.99. The van der Waals surface area contributed by atoms with Gasteiger partial charge in [-0.25, -0.2) is 0 Å². The van der Waals surface area contributed by atoms with Crippen LogP contribution < -0.4 is 5.32 Å². The summed E-state index contributed by atoms with van der Waals surface area (Å²) < 4.78 is 0. The Kier molecular flexibility index (Phi) is 4.83. The van der Waals surface area contributed by atoms with E-state index in [-0.39, 0.29) is 12.5 Å². The van der Waals surface area contributed by atoms with Crippen molar-refractivity contribution in [1.82, 2.24) is 15.5 Å². The number of hydrogen-bond acceptors (Lipinski definition) is 3. The zero-order chi connectivity index (χ0) is 11.1. The molecule has 0 unspecified atom stereocenters. The van der Waals surface area contributed by atoms with Gasteiger partial charge in [0, 0.05) is 18.8 Å². The minimum atomic E-state index is -0.193. The second kappa shape index (κ2) is 6.19. The minimum absolute atomic E-state index is 0.0852. The first-order valence-corrected chi connectivity index (χ1v) is 5.21. The van der Waals surface area contributed by atoms with Gasteiger partial charge in [-0.3, -0.25) is 9.89 Å². The molecule has 0 bridgehead atoms. The zero-order valence-corrected chi connectivity index (χ0v) is 8.92. The molecule has 3 N–H and O–H groups in total. The van der Waals surface area contributed by atoms with Gasteiger partial charge in [-0.1, -0.05) is 13.3 Å². The Morgan fingerprint density at radius 2 is 2.47 bits per heavy atom. The van der Waals surface area contributed by atoms with Crippen molar-refractivity contribution in [1.29, 1.82) is 0 Å². The molecule has 1 rings (SSSR count). The molecule has 0 aliphatic heterocycles. The Morgan fingerprint density at radius 1 is 1.67 bits per heavy atom. The van der Waals surface area contributed by atoms with Crippen LogP contribution in [0.3, 0.4) is 0 Å². The van der Waals surface area contributed by atoms with E-state index in [4.69, 9.17) is 5.11 Å². The van der Waals surface area contributed by atoms with Gasteiger partial charge in [0.25, 0.3) is 5.91 Å². The summed E-state index contributed by atoms with van der Waals surface area (Å²) in [6, 6.07) is 1.76. The highest BCUT2D eigenvalue weighted by atomic mass is 16.3. The van der Waals surface area contributed by atoms with Gasteiger partial charge in [0.1, 0.15) is 5.69 Å². The highest BCUT2D eigenvalue weighted by molar-refractivity contribution is 5.92. The maximum atomic E-state index is 11.5. The van der Waals surface area contributed by atoms with Crippen molar-refractivity contribution in [3.63, 3.8) is 0 Å². The monoisotopic (exact) mass is 211 g/mol. The number of aliphatic hydroxyl groups excluding tert-OH is 1. The van der Waals surface area contributed by atoms with E-state index in [0.29, 0.717) is 18.7 Å². The molecule has 1 heterocycles. The van der Waals surface area contributed by atoms with Crippen molar-refractivity contribution in [2.75, 3.05) is 13.2 Å². The second-order valence-electron chi connectivity index (χ2n) is 3.36. The number of hydrogen-bond donors (Lipinski definition) is 3. The molecule has 0 radical (unpaired) electrons. The first-order chi connectivity index (χ1) is 7.27. The number of H-pyrrole nitrogens is 1. The van der Waals surface area contributed by atoms with Crippen molar-refractivity contribution in [3.05, 3.63) is 17.5 Å². The third-order valence-electron chi connectivity index (χ3n) is 2.00. The molecular weight excluding hydrogens is 194 g/mol. The zero-order valence-electron chi connectivity index (χ0n) is 8.92. The lowest BCUT2D eigenvalue weighted by Crippen LogP contribution is -2.25. The Labute approximate surface area is 88.9 Å². The number of aryl methyl sites for hydroxylation is 1. The summed E-state index contributed by atoms with van der Waals surface area (Å²) in [6.45, 7) is 2.63. The standard InChI is InChI=1S/C10H17N3O2/c1-2-4-8-7-9(13-12-8)10(15)11-5-3-6-14/h7,14H,2-6H2,1H3,(H,11,15)(H,12,13). The van der Waals surface area contributed by atoms with E-state index in [1.165, 1.54) is 0 Å². The highest BCUT2D eigenvalue weighted by Gasteiger charge is 2.08. The van der Waals surface area contributed by atoms with Gasteiger partial charge >= 0.3 is 0 Å². The normalized spacial score (nSPS) is 10.3. The van der Waals surface area contributed by atoms with Gasteiger partial charge in [-0.2, -0.15) is 5.10 Å². The largest absolute Gasteiger partial charge is 0.396 e. The fraction of sp³-hybridized carbons (Fsp3) is 0.600. The molecule has 5 nitrogen and oxygen atoms in total. The third-order valence-corrected chi connectivity index (χ3v) is 2.00. The van der Waals surface area contributed by atoms with Gasteiger partial charge in [-0.05, 0) is 18.9 Å². The van der Waals surface area contributed by atoms with Gasteiger partial charge in [0.2, 0.25) is 0 Å². The van der Waals surface area contributed by atoms with Crippen molar-refractivity contribution < 1.29 is 9.90 Å². The molecule has 1 amide bonds. The van der Waals surface area contributed by atoms with Crippen LogP contribution in [0.4, 0.5) is 0 Å². The number of carbonyl (C=O) groups excluding carboxylic acids is 1. The van der Waals surface area contributed by atoms with Crippen molar-refractivity contribution >= 4 is 5.91 Å². The summed E-state index contributed by atoms with van der Waals surface area (Å²) in [5.41, 5.74) is 1.39. The molecule has 0 saturated carbocycles. The maximum absolute atomic E-state index is 11.5. The predicted molar refractivity (Wildman–Crippen MR) is 56.6 cm³/mol. The van der Waals surface area contributed by atoms with Crippen LogP contribution in [-0.4, -0.2) is 34.4 Å².